The predicted molar refractivity (Wildman–Crippen MR) is 121 cm³/mol. The molecule has 5 nitrogen and oxygen atoms in total. The molecule has 1 saturated heterocycles. The molecule has 2 bridgehead atoms. The SMILES string of the molecule is CC#CC(C)Oc1cc(N)c(Cl)cc1C(=O)NC1C2CCC1CN(C(C)C)C2.Cl. The number of piperidine rings is 1. The van der Waals surface area contributed by atoms with Crippen LogP contribution in [-0.2, 0) is 0 Å². The number of rotatable bonds is 5. The number of anilines is 1. The largest absolute Gasteiger partial charge is 0.477 e. The van der Waals surface area contributed by atoms with E-state index in [9.17, 15) is 4.79 Å². The van der Waals surface area contributed by atoms with Gasteiger partial charge in [0.25, 0.3) is 5.91 Å². The standard InChI is InChI=1S/C22H30ClN3O2.ClH/c1-5-6-14(4)28-20-10-19(24)18(23)9-17(20)22(27)25-21-15-7-8-16(21)12-26(11-15)13(2)3;/h9-10,13-16,21H,7-8,11-12,24H2,1-4H3,(H,25,27);1H. The summed E-state index contributed by atoms with van der Waals surface area (Å²) in [5, 5.41) is 3.62. The predicted octanol–water partition coefficient (Wildman–Crippen LogP) is 3.98. The summed E-state index contributed by atoms with van der Waals surface area (Å²) >= 11 is 6.20. The lowest BCUT2D eigenvalue weighted by Gasteiger charge is -2.40. The molecule has 1 aliphatic heterocycles. The van der Waals surface area contributed by atoms with Gasteiger partial charge in [-0.1, -0.05) is 17.5 Å². The molecule has 3 N–H and O–H groups in total. The number of amides is 1. The molecule has 0 spiro atoms. The van der Waals surface area contributed by atoms with E-state index in [1.807, 2.05) is 6.92 Å². The van der Waals surface area contributed by atoms with Crippen molar-refractivity contribution < 1.29 is 9.53 Å². The van der Waals surface area contributed by atoms with Gasteiger partial charge in [-0.3, -0.25) is 4.79 Å². The molecule has 2 fully saturated rings. The van der Waals surface area contributed by atoms with Crippen molar-refractivity contribution in [2.75, 3.05) is 18.8 Å². The molecule has 7 heteroatoms. The first-order valence-electron chi connectivity index (χ1n) is 10.0. The van der Waals surface area contributed by atoms with E-state index in [0.717, 1.165) is 25.9 Å². The molecular weight excluding hydrogens is 409 g/mol. The summed E-state index contributed by atoms with van der Waals surface area (Å²) in [5.41, 5.74) is 6.73. The number of likely N-dealkylation sites (tertiary alicyclic amines) is 1. The van der Waals surface area contributed by atoms with Gasteiger partial charge in [0, 0.05) is 31.2 Å². The van der Waals surface area contributed by atoms with Crippen LogP contribution in [0.3, 0.4) is 0 Å². The maximum absolute atomic E-state index is 13.1. The summed E-state index contributed by atoms with van der Waals surface area (Å²) in [6, 6.07) is 3.94. The number of ether oxygens (including phenoxy) is 1. The van der Waals surface area contributed by atoms with Crippen LogP contribution in [0, 0.1) is 23.7 Å². The van der Waals surface area contributed by atoms with E-state index in [-0.39, 0.29) is 30.5 Å². The fourth-order valence-electron chi connectivity index (χ4n) is 4.41. The van der Waals surface area contributed by atoms with Crippen LogP contribution in [0.25, 0.3) is 0 Å². The average Bonchev–Trinajstić information content (AvgIpc) is 2.86. The number of fused-ring (bicyclic) bond motifs is 2. The fourth-order valence-corrected chi connectivity index (χ4v) is 4.58. The third kappa shape index (κ3) is 5.31. The number of nitrogens with zero attached hydrogens (tertiary/aromatic N) is 1. The minimum atomic E-state index is -0.345. The van der Waals surface area contributed by atoms with Crippen LogP contribution in [0.2, 0.25) is 5.02 Å². The molecule has 0 radical (unpaired) electrons. The van der Waals surface area contributed by atoms with Crippen LogP contribution >= 0.6 is 24.0 Å². The number of benzene rings is 1. The number of nitrogens with two attached hydrogens (primary N) is 1. The van der Waals surface area contributed by atoms with Crippen LogP contribution in [0.1, 0.15) is 50.9 Å². The summed E-state index contributed by atoms with van der Waals surface area (Å²) in [6.07, 6.45) is 1.98. The van der Waals surface area contributed by atoms with Gasteiger partial charge in [-0.2, -0.15) is 0 Å². The first-order chi connectivity index (χ1) is 13.3. The number of nitrogen functional groups attached to an aromatic ring is 1. The molecule has 0 aromatic heterocycles. The summed E-state index contributed by atoms with van der Waals surface area (Å²) in [5.74, 6) is 6.99. The maximum atomic E-state index is 13.1. The van der Waals surface area contributed by atoms with Crippen molar-refractivity contribution in [2.24, 2.45) is 11.8 Å². The van der Waals surface area contributed by atoms with Gasteiger partial charge in [-0.25, -0.2) is 0 Å². The molecule has 3 atom stereocenters. The second-order valence-electron chi connectivity index (χ2n) is 8.17. The molecule has 2 aliphatic rings. The van der Waals surface area contributed by atoms with E-state index in [4.69, 9.17) is 22.1 Å². The highest BCUT2D eigenvalue weighted by molar-refractivity contribution is 6.33. The third-order valence-corrected chi connectivity index (χ3v) is 6.21. The van der Waals surface area contributed by atoms with Crippen molar-refractivity contribution >= 4 is 35.6 Å². The van der Waals surface area contributed by atoms with E-state index >= 15 is 0 Å². The molecule has 1 aliphatic carbocycles. The molecule has 1 aromatic rings. The second-order valence-corrected chi connectivity index (χ2v) is 8.58. The number of halogens is 2. The van der Waals surface area contributed by atoms with Gasteiger partial charge in [0.05, 0.1) is 16.3 Å². The van der Waals surface area contributed by atoms with Crippen molar-refractivity contribution in [2.45, 2.75) is 58.7 Å². The lowest BCUT2D eigenvalue weighted by molar-refractivity contribution is 0.0775. The molecular formula is C22H31Cl2N3O2. The van der Waals surface area contributed by atoms with E-state index < -0.39 is 0 Å². The Bertz CT molecular complexity index is 789. The Morgan fingerprint density at radius 3 is 2.45 bits per heavy atom. The molecule has 160 valence electrons. The Balaban J connectivity index is 0.00000300. The van der Waals surface area contributed by atoms with Gasteiger partial charge in [0.15, 0.2) is 6.10 Å². The zero-order valence-electron chi connectivity index (χ0n) is 17.5. The Hall–Kier alpha value is -1.61. The highest BCUT2D eigenvalue weighted by atomic mass is 35.5. The van der Waals surface area contributed by atoms with Crippen molar-refractivity contribution in [3.05, 3.63) is 22.7 Å². The topological polar surface area (TPSA) is 67.6 Å². The summed E-state index contributed by atoms with van der Waals surface area (Å²) in [4.78, 5) is 15.6. The molecule has 1 aromatic carbocycles. The molecule has 1 saturated carbocycles. The van der Waals surface area contributed by atoms with E-state index in [1.165, 1.54) is 0 Å². The number of carbonyl (C=O) groups is 1. The number of carbonyl (C=O) groups excluding carboxylic acids is 1. The minimum Gasteiger partial charge on any atom is -0.477 e. The monoisotopic (exact) mass is 439 g/mol. The highest BCUT2D eigenvalue weighted by Gasteiger charge is 2.43. The van der Waals surface area contributed by atoms with Crippen molar-refractivity contribution in [1.29, 1.82) is 0 Å². The van der Waals surface area contributed by atoms with Crippen LogP contribution in [0.15, 0.2) is 12.1 Å². The highest BCUT2D eigenvalue weighted by Crippen LogP contribution is 2.38. The lowest BCUT2D eigenvalue weighted by atomic mass is 9.91. The first kappa shape index (κ1) is 23.7. The van der Waals surface area contributed by atoms with Gasteiger partial charge < -0.3 is 20.7 Å². The quantitative estimate of drug-likeness (QED) is 0.537. The summed E-state index contributed by atoms with van der Waals surface area (Å²) < 4.78 is 5.87. The zero-order chi connectivity index (χ0) is 20.4. The van der Waals surface area contributed by atoms with Crippen LogP contribution < -0.4 is 15.8 Å². The van der Waals surface area contributed by atoms with Gasteiger partial charge in [0.2, 0.25) is 0 Å². The Morgan fingerprint density at radius 1 is 1.28 bits per heavy atom. The zero-order valence-corrected chi connectivity index (χ0v) is 19.1. The molecule has 3 unspecified atom stereocenters. The van der Waals surface area contributed by atoms with E-state index in [2.05, 4.69) is 35.9 Å². The summed E-state index contributed by atoms with van der Waals surface area (Å²) in [7, 11) is 0. The van der Waals surface area contributed by atoms with Crippen molar-refractivity contribution in [3.63, 3.8) is 0 Å². The Morgan fingerprint density at radius 2 is 1.90 bits per heavy atom. The van der Waals surface area contributed by atoms with Crippen LogP contribution in [0.4, 0.5) is 5.69 Å². The molecule has 3 rings (SSSR count). The second kappa shape index (κ2) is 9.93. The third-order valence-electron chi connectivity index (χ3n) is 5.88. The molecule has 1 amide bonds. The average molecular weight is 440 g/mol. The maximum Gasteiger partial charge on any atom is 0.255 e. The van der Waals surface area contributed by atoms with E-state index in [1.54, 1.807) is 19.1 Å². The van der Waals surface area contributed by atoms with Crippen LogP contribution in [-0.4, -0.2) is 42.1 Å². The normalized spacial score (nSPS) is 24.3. The Kier molecular flexibility index (Phi) is 8.10. The van der Waals surface area contributed by atoms with Crippen molar-refractivity contribution in [1.82, 2.24) is 10.2 Å². The van der Waals surface area contributed by atoms with Crippen molar-refractivity contribution in [3.8, 4) is 17.6 Å². The number of nitrogens with one attached hydrogen (secondary N) is 1. The molecule has 1 heterocycles. The number of hydrogen-bond donors (Lipinski definition) is 2. The first-order valence-corrected chi connectivity index (χ1v) is 10.4. The Labute approximate surface area is 185 Å². The minimum absolute atomic E-state index is 0. The summed E-state index contributed by atoms with van der Waals surface area (Å²) in [6.45, 7) is 10.1. The number of hydrogen-bond acceptors (Lipinski definition) is 4. The van der Waals surface area contributed by atoms with Gasteiger partial charge in [0.1, 0.15) is 5.75 Å². The van der Waals surface area contributed by atoms with Gasteiger partial charge in [-0.15, -0.1) is 18.3 Å². The van der Waals surface area contributed by atoms with Gasteiger partial charge >= 0.3 is 0 Å². The van der Waals surface area contributed by atoms with E-state index in [0.29, 0.717) is 39.9 Å². The fraction of sp³-hybridized carbons (Fsp3) is 0.591. The van der Waals surface area contributed by atoms with Gasteiger partial charge in [-0.05, 0) is 58.4 Å². The lowest BCUT2D eigenvalue weighted by Crippen LogP contribution is -2.54. The van der Waals surface area contributed by atoms with Crippen LogP contribution in [0.5, 0.6) is 5.75 Å². The smallest absolute Gasteiger partial charge is 0.255 e. The molecule has 29 heavy (non-hydrogen) atoms.